The number of para-hydroxylation sites is 2. The molecule has 7 heteroatoms. The van der Waals surface area contributed by atoms with Gasteiger partial charge in [0, 0.05) is 11.6 Å². The van der Waals surface area contributed by atoms with Crippen molar-refractivity contribution in [3.05, 3.63) is 94.5 Å². The molecule has 2 N–H and O–H groups in total. The van der Waals surface area contributed by atoms with Gasteiger partial charge < -0.3 is 5.32 Å². The van der Waals surface area contributed by atoms with Crippen molar-refractivity contribution < 1.29 is 9.72 Å². The maximum atomic E-state index is 12.3. The number of carbonyl (C=O) groups is 1. The smallest absolute Gasteiger partial charge is 0.292 e. The van der Waals surface area contributed by atoms with Crippen LogP contribution in [0.1, 0.15) is 10.4 Å². The van der Waals surface area contributed by atoms with Gasteiger partial charge in [0.05, 0.1) is 4.92 Å². The van der Waals surface area contributed by atoms with Gasteiger partial charge in [0.15, 0.2) is 5.11 Å². The summed E-state index contributed by atoms with van der Waals surface area (Å²) in [4.78, 5) is 22.9. The molecule has 27 heavy (non-hydrogen) atoms. The molecule has 3 rings (SSSR count). The average Bonchev–Trinajstić information content (AvgIpc) is 2.69. The average molecular weight is 377 g/mol. The Morgan fingerprint density at radius 1 is 0.852 bits per heavy atom. The van der Waals surface area contributed by atoms with Crippen LogP contribution in [0, 0.1) is 10.1 Å². The highest BCUT2D eigenvalue weighted by Gasteiger charge is 2.15. The summed E-state index contributed by atoms with van der Waals surface area (Å²) in [6.07, 6.45) is 0. The van der Waals surface area contributed by atoms with Gasteiger partial charge in [-0.25, -0.2) is 0 Å². The van der Waals surface area contributed by atoms with E-state index >= 15 is 0 Å². The van der Waals surface area contributed by atoms with Gasteiger partial charge >= 0.3 is 0 Å². The molecule has 0 spiro atoms. The molecule has 0 bridgehead atoms. The molecule has 0 saturated heterocycles. The van der Waals surface area contributed by atoms with Gasteiger partial charge in [-0.1, -0.05) is 54.6 Å². The Labute approximate surface area is 161 Å². The molecule has 0 unspecified atom stereocenters. The first-order valence-corrected chi connectivity index (χ1v) is 8.46. The summed E-state index contributed by atoms with van der Waals surface area (Å²) >= 11 is 5.10. The topological polar surface area (TPSA) is 84.3 Å². The van der Waals surface area contributed by atoms with Gasteiger partial charge in [-0.3, -0.25) is 20.2 Å². The van der Waals surface area contributed by atoms with E-state index in [0.29, 0.717) is 5.56 Å². The molecule has 0 fully saturated rings. The Balaban J connectivity index is 1.67. The van der Waals surface area contributed by atoms with Crippen molar-refractivity contribution in [3.63, 3.8) is 0 Å². The van der Waals surface area contributed by atoms with E-state index in [2.05, 4.69) is 10.6 Å². The standard InChI is InChI=1S/C20H15N3O3S/c24-19(16-12-10-15(11-13-16)14-6-2-1-3-7-14)22-20(27)21-17-8-4-5-9-18(17)23(25)26/h1-13H,(H2,21,22,24,27). The monoisotopic (exact) mass is 377 g/mol. The normalized spacial score (nSPS) is 10.1. The number of carbonyl (C=O) groups excluding carboxylic acids is 1. The molecular formula is C20H15N3O3S. The molecular weight excluding hydrogens is 362 g/mol. The predicted molar refractivity (Wildman–Crippen MR) is 109 cm³/mol. The first-order chi connectivity index (χ1) is 13.0. The van der Waals surface area contributed by atoms with Crippen LogP contribution in [0.15, 0.2) is 78.9 Å². The Hall–Kier alpha value is -3.58. The van der Waals surface area contributed by atoms with E-state index in [1.165, 1.54) is 12.1 Å². The van der Waals surface area contributed by atoms with Gasteiger partial charge in [0.25, 0.3) is 11.6 Å². The maximum Gasteiger partial charge on any atom is 0.292 e. The minimum Gasteiger partial charge on any atom is -0.327 e. The first-order valence-electron chi connectivity index (χ1n) is 8.06. The van der Waals surface area contributed by atoms with E-state index in [4.69, 9.17) is 12.2 Å². The minimum absolute atomic E-state index is 0.0126. The number of hydrogen-bond donors (Lipinski definition) is 2. The van der Waals surface area contributed by atoms with Crippen LogP contribution in [0.5, 0.6) is 0 Å². The number of hydrogen-bond acceptors (Lipinski definition) is 4. The number of rotatable bonds is 4. The van der Waals surface area contributed by atoms with Crippen molar-refractivity contribution in [2.45, 2.75) is 0 Å². The second-order valence-corrected chi connectivity index (χ2v) is 6.03. The highest BCUT2D eigenvalue weighted by atomic mass is 32.1. The Bertz CT molecular complexity index is 989. The quantitative estimate of drug-likeness (QED) is 0.400. The summed E-state index contributed by atoms with van der Waals surface area (Å²) in [6.45, 7) is 0. The summed E-state index contributed by atoms with van der Waals surface area (Å²) in [5.74, 6) is -0.398. The van der Waals surface area contributed by atoms with E-state index < -0.39 is 10.8 Å². The van der Waals surface area contributed by atoms with Crippen LogP contribution in [0.25, 0.3) is 11.1 Å². The SMILES string of the molecule is O=C(NC(=S)Nc1ccccc1[N+](=O)[O-])c1ccc(-c2ccccc2)cc1. The molecule has 0 aliphatic heterocycles. The summed E-state index contributed by atoms with van der Waals surface area (Å²) in [5, 5.41) is 16.2. The molecule has 3 aromatic carbocycles. The molecule has 0 radical (unpaired) electrons. The molecule has 0 aliphatic carbocycles. The Morgan fingerprint density at radius 2 is 1.44 bits per heavy atom. The van der Waals surface area contributed by atoms with Crippen molar-refractivity contribution in [2.75, 3.05) is 5.32 Å². The van der Waals surface area contributed by atoms with Crippen molar-refractivity contribution in [1.82, 2.24) is 5.32 Å². The van der Waals surface area contributed by atoms with Crippen molar-refractivity contribution in [1.29, 1.82) is 0 Å². The summed E-state index contributed by atoms with van der Waals surface area (Å²) in [5.41, 5.74) is 2.57. The molecule has 0 saturated carbocycles. The van der Waals surface area contributed by atoms with E-state index in [-0.39, 0.29) is 16.5 Å². The number of thiocarbonyl (C=S) groups is 1. The zero-order valence-electron chi connectivity index (χ0n) is 14.1. The van der Waals surface area contributed by atoms with Crippen LogP contribution in [-0.4, -0.2) is 15.9 Å². The third-order valence-corrected chi connectivity index (χ3v) is 4.03. The van der Waals surface area contributed by atoms with Crippen LogP contribution in [0.4, 0.5) is 11.4 Å². The number of nitrogens with one attached hydrogen (secondary N) is 2. The lowest BCUT2D eigenvalue weighted by atomic mass is 10.0. The number of nitrogens with zero attached hydrogens (tertiary/aromatic N) is 1. The lowest BCUT2D eigenvalue weighted by molar-refractivity contribution is -0.383. The van der Waals surface area contributed by atoms with Crippen LogP contribution < -0.4 is 10.6 Å². The molecule has 3 aromatic rings. The van der Waals surface area contributed by atoms with Crippen LogP contribution in [0.3, 0.4) is 0 Å². The molecule has 0 heterocycles. The Kier molecular flexibility index (Phi) is 5.53. The third kappa shape index (κ3) is 4.53. The first kappa shape index (κ1) is 18.2. The summed E-state index contributed by atoms with van der Waals surface area (Å²) < 4.78 is 0. The molecule has 134 valence electrons. The maximum absolute atomic E-state index is 12.3. The number of benzene rings is 3. The number of nitro benzene ring substituents is 1. The molecule has 1 amide bonds. The van der Waals surface area contributed by atoms with Gasteiger partial charge in [-0.15, -0.1) is 0 Å². The predicted octanol–water partition coefficient (Wildman–Crippen LogP) is 4.39. The van der Waals surface area contributed by atoms with Gasteiger partial charge in [-0.2, -0.15) is 0 Å². The Morgan fingerprint density at radius 3 is 2.11 bits per heavy atom. The van der Waals surface area contributed by atoms with Crippen molar-refractivity contribution >= 4 is 34.6 Å². The second-order valence-electron chi connectivity index (χ2n) is 5.63. The van der Waals surface area contributed by atoms with Crippen LogP contribution >= 0.6 is 12.2 Å². The fourth-order valence-corrected chi connectivity index (χ4v) is 2.71. The molecule has 0 aromatic heterocycles. The highest BCUT2D eigenvalue weighted by Crippen LogP contribution is 2.23. The lowest BCUT2D eigenvalue weighted by Crippen LogP contribution is -2.34. The van der Waals surface area contributed by atoms with E-state index in [9.17, 15) is 14.9 Å². The molecule has 0 aliphatic rings. The van der Waals surface area contributed by atoms with E-state index in [1.807, 2.05) is 42.5 Å². The number of nitro groups is 1. The third-order valence-electron chi connectivity index (χ3n) is 3.83. The van der Waals surface area contributed by atoms with Crippen LogP contribution in [0.2, 0.25) is 0 Å². The summed E-state index contributed by atoms with van der Waals surface area (Å²) in [6, 6.07) is 23.0. The van der Waals surface area contributed by atoms with Crippen LogP contribution in [-0.2, 0) is 0 Å². The largest absolute Gasteiger partial charge is 0.327 e. The minimum atomic E-state index is -0.519. The van der Waals surface area contributed by atoms with Crippen molar-refractivity contribution in [2.24, 2.45) is 0 Å². The zero-order chi connectivity index (χ0) is 19.2. The van der Waals surface area contributed by atoms with Gasteiger partial charge in [0.1, 0.15) is 5.69 Å². The fraction of sp³-hybridized carbons (Fsp3) is 0. The van der Waals surface area contributed by atoms with E-state index in [1.54, 1.807) is 24.3 Å². The lowest BCUT2D eigenvalue weighted by Gasteiger charge is -2.10. The molecule has 6 nitrogen and oxygen atoms in total. The summed E-state index contributed by atoms with van der Waals surface area (Å²) in [7, 11) is 0. The fourth-order valence-electron chi connectivity index (χ4n) is 2.51. The second kappa shape index (κ2) is 8.20. The zero-order valence-corrected chi connectivity index (χ0v) is 14.9. The number of amides is 1. The van der Waals surface area contributed by atoms with Gasteiger partial charge in [0.2, 0.25) is 0 Å². The highest BCUT2D eigenvalue weighted by molar-refractivity contribution is 7.80. The van der Waals surface area contributed by atoms with E-state index in [0.717, 1.165) is 11.1 Å². The van der Waals surface area contributed by atoms with Gasteiger partial charge in [-0.05, 0) is 41.5 Å². The number of anilines is 1. The van der Waals surface area contributed by atoms with Crippen molar-refractivity contribution in [3.8, 4) is 11.1 Å². The molecule has 0 atom stereocenters.